The van der Waals surface area contributed by atoms with Crippen molar-refractivity contribution >= 4 is 27.5 Å². The van der Waals surface area contributed by atoms with Crippen LogP contribution in [0.5, 0.6) is 11.5 Å². The molecule has 6 atom stereocenters. The number of fused-ring (bicyclic) bond motifs is 2. The summed E-state index contributed by atoms with van der Waals surface area (Å²) in [6.45, 7) is 5.80. The molecule has 0 spiro atoms. The molecule has 8 rings (SSSR count). The first-order valence-electron chi connectivity index (χ1n) is 17.8. The maximum absolute atomic E-state index is 9.48. The predicted molar refractivity (Wildman–Crippen MR) is 202 cm³/mol. The average Bonchev–Trinajstić information content (AvgIpc) is 3.96. The van der Waals surface area contributed by atoms with Crippen molar-refractivity contribution in [3.05, 3.63) is 128 Å². The van der Waals surface area contributed by atoms with Crippen LogP contribution in [0.2, 0.25) is 5.02 Å². The lowest BCUT2D eigenvalue weighted by atomic mass is 10.1. The molecule has 4 aromatic carbocycles. The molecule has 2 saturated heterocycles. The number of hydrogen-bond acceptors (Lipinski definition) is 7. The van der Waals surface area contributed by atoms with E-state index in [1.54, 1.807) is 0 Å². The van der Waals surface area contributed by atoms with Crippen LogP contribution in [0, 0.1) is 23.2 Å². The zero-order valence-electron chi connectivity index (χ0n) is 28.3. The molecule has 7 nitrogen and oxygen atoms in total. The van der Waals surface area contributed by atoms with Crippen molar-refractivity contribution in [3.63, 3.8) is 0 Å². The van der Waals surface area contributed by atoms with Crippen molar-refractivity contribution in [3.8, 4) is 17.6 Å². The van der Waals surface area contributed by atoms with Crippen LogP contribution in [0.1, 0.15) is 52.9 Å². The quantitative estimate of drug-likeness (QED) is 0.195. The fourth-order valence-electron chi connectivity index (χ4n) is 8.20. The van der Waals surface area contributed by atoms with Gasteiger partial charge in [-0.15, -0.1) is 0 Å². The number of benzene rings is 4. The van der Waals surface area contributed by atoms with Crippen LogP contribution in [-0.4, -0.2) is 61.2 Å². The molecule has 0 bridgehead atoms. The van der Waals surface area contributed by atoms with Crippen LogP contribution < -0.4 is 20.9 Å². The molecule has 0 amide bonds. The Balaban J connectivity index is 0.000000157. The minimum absolute atomic E-state index is 0.0593. The number of rotatable bonds is 8. The normalized spacial score (nSPS) is 25.7. The number of halogens is 2. The Kier molecular flexibility index (Phi) is 11.1. The van der Waals surface area contributed by atoms with Crippen LogP contribution in [0.3, 0.4) is 0 Å². The van der Waals surface area contributed by atoms with Gasteiger partial charge in [0.25, 0.3) is 0 Å². The van der Waals surface area contributed by atoms with Crippen LogP contribution in [0.25, 0.3) is 0 Å². The first-order valence-corrected chi connectivity index (χ1v) is 18.9. The number of ether oxygens (including phenoxy) is 2. The maximum atomic E-state index is 9.48. The lowest BCUT2D eigenvalue weighted by molar-refractivity contribution is 0.0914. The monoisotopic (exact) mass is 753 g/mol. The van der Waals surface area contributed by atoms with Gasteiger partial charge < -0.3 is 20.9 Å². The molecule has 0 saturated carbocycles. The van der Waals surface area contributed by atoms with Gasteiger partial charge in [0.15, 0.2) is 0 Å². The second-order valence-corrected chi connectivity index (χ2v) is 15.3. The SMILES string of the molecule is N#Cc1cc(Br)ccc1O[C@@H]1c2ccccc2C[C@H]1N1CC[C@@H](CN)C1.NC[C@@H]1CCN([C@@H]2Cc3ccccc3[C@H]2Oc2ccc(Cl)cc2)C1. The molecule has 9 heteroatoms. The highest BCUT2D eigenvalue weighted by Crippen LogP contribution is 2.42. The van der Waals surface area contributed by atoms with Crippen LogP contribution in [-0.2, 0) is 12.8 Å². The number of hydrogen-bond donors (Lipinski definition) is 2. The second-order valence-electron chi connectivity index (χ2n) is 14.0. The second kappa shape index (κ2) is 15.9. The van der Waals surface area contributed by atoms with Crippen molar-refractivity contribution in [2.24, 2.45) is 23.3 Å². The van der Waals surface area contributed by atoms with Gasteiger partial charge in [-0.1, -0.05) is 76.1 Å². The third-order valence-corrected chi connectivity index (χ3v) is 11.7. The molecule has 2 heterocycles. The Morgan fingerprint density at radius 2 is 1.28 bits per heavy atom. The topological polar surface area (TPSA) is 101 Å². The first-order chi connectivity index (χ1) is 24.4. The first kappa shape index (κ1) is 35.0. The molecule has 260 valence electrons. The third kappa shape index (κ3) is 7.60. The van der Waals surface area contributed by atoms with Gasteiger partial charge >= 0.3 is 0 Å². The predicted octanol–water partition coefficient (Wildman–Crippen LogP) is 7.31. The highest BCUT2D eigenvalue weighted by Gasteiger charge is 2.41. The molecule has 50 heavy (non-hydrogen) atoms. The van der Waals surface area contributed by atoms with Crippen molar-refractivity contribution in [2.45, 2.75) is 50.0 Å². The molecule has 2 aliphatic carbocycles. The molecular weight excluding hydrogens is 710 g/mol. The highest BCUT2D eigenvalue weighted by atomic mass is 79.9. The van der Waals surface area contributed by atoms with E-state index in [1.165, 1.54) is 28.7 Å². The van der Waals surface area contributed by atoms with E-state index in [0.717, 1.165) is 73.8 Å². The zero-order chi connectivity index (χ0) is 34.6. The van der Waals surface area contributed by atoms with Gasteiger partial charge in [-0.25, -0.2) is 0 Å². The van der Waals surface area contributed by atoms with Gasteiger partial charge in [0.2, 0.25) is 0 Å². The minimum Gasteiger partial charge on any atom is -0.484 e. The summed E-state index contributed by atoms with van der Waals surface area (Å²) in [4.78, 5) is 5.09. The lowest BCUT2D eigenvalue weighted by Crippen LogP contribution is -2.39. The summed E-state index contributed by atoms with van der Waals surface area (Å²) >= 11 is 9.43. The van der Waals surface area contributed by atoms with Gasteiger partial charge in [0.05, 0.1) is 17.6 Å². The summed E-state index contributed by atoms with van der Waals surface area (Å²) in [5.41, 5.74) is 17.6. The molecule has 2 aliphatic heterocycles. The van der Waals surface area contributed by atoms with Gasteiger partial charge in [0.1, 0.15) is 29.8 Å². The fourth-order valence-corrected chi connectivity index (χ4v) is 8.69. The van der Waals surface area contributed by atoms with Crippen LogP contribution in [0.15, 0.2) is 95.5 Å². The number of nitriles is 1. The van der Waals surface area contributed by atoms with E-state index in [9.17, 15) is 5.26 Å². The van der Waals surface area contributed by atoms with Crippen molar-refractivity contribution in [2.75, 3.05) is 39.3 Å². The molecule has 0 aromatic heterocycles. The van der Waals surface area contributed by atoms with Crippen molar-refractivity contribution in [1.82, 2.24) is 9.80 Å². The summed E-state index contributed by atoms with van der Waals surface area (Å²) < 4.78 is 13.8. The smallest absolute Gasteiger partial charge is 0.140 e. The Morgan fingerprint density at radius 1 is 0.740 bits per heavy atom. The molecule has 4 aromatic rings. The van der Waals surface area contributed by atoms with Crippen LogP contribution >= 0.6 is 27.5 Å². The summed E-state index contributed by atoms with van der Waals surface area (Å²) in [5, 5.41) is 10.2. The highest BCUT2D eigenvalue weighted by molar-refractivity contribution is 9.10. The van der Waals surface area contributed by atoms with E-state index in [2.05, 4.69) is 80.3 Å². The van der Waals surface area contributed by atoms with Crippen molar-refractivity contribution in [1.29, 1.82) is 5.26 Å². The number of likely N-dealkylation sites (tertiary alicyclic amines) is 2. The van der Waals surface area contributed by atoms with Gasteiger partial charge in [-0.3, -0.25) is 9.80 Å². The number of nitrogens with two attached hydrogens (primary N) is 2. The van der Waals surface area contributed by atoms with Crippen LogP contribution in [0.4, 0.5) is 0 Å². The Morgan fingerprint density at radius 3 is 1.80 bits per heavy atom. The molecule has 2 fully saturated rings. The average molecular weight is 755 g/mol. The summed E-state index contributed by atoms with van der Waals surface area (Å²) in [6, 6.07) is 33.4. The molecule has 4 N–H and O–H groups in total. The third-order valence-electron chi connectivity index (χ3n) is 10.9. The van der Waals surface area contributed by atoms with Crippen molar-refractivity contribution < 1.29 is 9.47 Å². The molecule has 4 aliphatic rings. The van der Waals surface area contributed by atoms with E-state index in [0.29, 0.717) is 35.2 Å². The maximum Gasteiger partial charge on any atom is 0.140 e. The summed E-state index contributed by atoms with van der Waals surface area (Å²) in [7, 11) is 0. The minimum atomic E-state index is -0.0593. The molecular formula is C41H45BrClN5O2. The van der Waals surface area contributed by atoms with E-state index < -0.39 is 0 Å². The summed E-state index contributed by atoms with van der Waals surface area (Å²) in [5.74, 6) is 2.71. The van der Waals surface area contributed by atoms with E-state index >= 15 is 0 Å². The van der Waals surface area contributed by atoms with Gasteiger partial charge in [0, 0.05) is 22.6 Å². The van der Waals surface area contributed by atoms with Gasteiger partial charge in [-0.05, 0) is 128 Å². The molecule has 0 radical (unpaired) electrons. The zero-order valence-corrected chi connectivity index (χ0v) is 30.6. The van der Waals surface area contributed by atoms with E-state index in [1.807, 2.05) is 42.5 Å². The van der Waals surface area contributed by atoms with E-state index in [4.69, 9.17) is 32.5 Å². The lowest BCUT2D eigenvalue weighted by Gasteiger charge is -2.30. The molecule has 0 unspecified atom stereocenters. The Labute approximate surface area is 309 Å². The fraction of sp³-hybridized carbons (Fsp3) is 0.390. The Bertz CT molecular complexity index is 1820. The largest absolute Gasteiger partial charge is 0.484 e. The van der Waals surface area contributed by atoms with Gasteiger partial charge in [-0.2, -0.15) is 5.26 Å². The van der Waals surface area contributed by atoms with E-state index in [-0.39, 0.29) is 12.2 Å². The summed E-state index contributed by atoms with van der Waals surface area (Å²) in [6.07, 6.45) is 4.38. The standard InChI is InChI=1S/C21H22BrN3O.C20H23ClN2O/c22-17-5-6-20(16(9-17)12-24)26-21-18-4-2-1-3-15(18)10-19(21)25-8-7-14(11-23)13-25;21-16-5-7-17(8-6-16)24-20-18-4-2-1-3-15(18)11-19(20)23-10-9-14(12-22)13-23/h1-6,9,14,19,21H,7-8,10-11,13,23H2;1-8,14,19-20H,9-13,22H2/t14-,19+,21+;14-,19+,20+/m00/s1. The number of nitrogens with zero attached hydrogens (tertiary/aromatic N) is 3. The Hall–Kier alpha value is -3.42.